The second-order valence-corrected chi connectivity index (χ2v) is 7.27. The number of piperidine rings is 1. The summed E-state index contributed by atoms with van der Waals surface area (Å²) >= 11 is 0. The van der Waals surface area contributed by atoms with E-state index in [0.717, 1.165) is 25.9 Å². The summed E-state index contributed by atoms with van der Waals surface area (Å²) in [6, 6.07) is 7.43. The molecule has 3 saturated heterocycles. The Hall–Kier alpha value is -2.18. The van der Waals surface area contributed by atoms with Crippen LogP contribution in [0.25, 0.3) is 0 Å². The minimum atomic E-state index is -0.773. The van der Waals surface area contributed by atoms with Crippen LogP contribution in [0.1, 0.15) is 24.8 Å². The molecule has 8 nitrogen and oxygen atoms in total. The van der Waals surface area contributed by atoms with Gasteiger partial charge in [0.2, 0.25) is 0 Å². The molecule has 0 radical (unpaired) electrons. The van der Waals surface area contributed by atoms with E-state index in [1.165, 1.54) is 6.42 Å². The number of rotatable bonds is 3. The number of urea groups is 1. The maximum absolute atomic E-state index is 12.5. The topological polar surface area (TPSA) is 107 Å². The standard InChI is InChI=1S/C19H24N4O4/c20-10-12-5-4-6-13(9-12)21-19(25)22-15-14-11-26-18(27-14)16(17(15)24)23-7-2-1-3-8-23/h4-6,9,14-18,24H,1-3,7-8,11H2,(H2,21,22,25). The first-order valence-electron chi connectivity index (χ1n) is 9.42. The molecule has 1 aromatic rings. The number of nitrogens with zero attached hydrogens (tertiary/aromatic N) is 2. The number of aliphatic hydroxyl groups is 1. The third-order valence-corrected chi connectivity index (χ3v) is 5.49. The Balaban J connectivity index is 1.44. The van der Waals surface area contributed by atoms with Gasteiger partial charge in [0.1, 0.15) is 6.10 Å². The molecule has 3 aliphatic heterocycles. The number of benzene rings is 1. The van der Waals surface area contributed by atoms with Crippen LogP contribution in [0.5, 0.6) is 0 Å². The highest BCUT2D eigenvalue weighted by Gasteiger charge is 2.52. The molecule has 3 fully saturated rings. The van der Waals surface area contributed by atoms with Gasteiger partial charge >= 0.3 is 6.03 Å². The molecule has 2 amide bonds. The van der Waals surface area contributed by atoms with E-state index in [2.05, 4.69) is 15.5 Å². The number of fused-ring (bicyclic) bond motifs is 2. The predicted molar refractivity (Wildman–Crippen MR) is 96.9 cm³/mol. The van der Waals surface area contributed by atoms with Gasteiger partial charge in [-0.3, -0.25) is 4.90 Å². The highest BCUT2D eigenvalue weighted by molar-refractivity contribution is 5.89. The predicted octanol–water partition coefficient (Wildman–Crippen LogP) is 1.02. The van der Waals surface area contributed by atoms with Gasteiger partial charge in [0, 0.05) is 5.69 Å². The summed E-state index contributed by atoms with van der Waals surface area (Å²) in [7, 11) is 0. The van der Waals surface area contributed by atoms with Crippen LogP contribution < -0.4 is 10.6 Å². The van der Waals surface area contributed by atoms with E-state index in [0.29, 0.717) is 17.9 Å². The number of carbonyl (C=O) groups excluding carboxylic acids is 1. The molecule has 8 heteroatoms. The molecule has 3 N–H and O–H groups in total. The van der Waals surface area contributed by atoms with Crippen molar-refractivity contribution in [3.05, 3.63) is 29.8 Å². The summed E-state index contributed by atoms with van der Waals surface area (Å²) in [5, 5.41) is 25.5. The minimum absolute atomic E-state index is 0.281. The van der Waals surface area contributed by atoms with Gasteiger partial charge in [-0.15, -0.1) is 0 Å². The second-order valence-electron chi connectivity index (χ2n) is 7.27. The lowest BCUT2D eigenvalue weighted by atomic mass is 9.93. The molecule has 0 aliphatic carbocycles. The van der Waals surface area contributed by atoms with E-state index in [1.807, 2.05) is 6.07 Å². The summed E-state index contributed by atoms with van der Waals surface area (Å²) in [5.74, 6) is 0. The summed E-state index contributed by atoms with van der Waals surface area (Å²) < 4.78 is 11.7. The van der Waals surface area contributed by atoms with E-state index in [1.54, 1.807) is 24.3 Å². The molecule has 2 bridgehead atoms. The minimum Gasteiger partial charge on any atom is -0.389 e. The maximum Gasteiger partial charge on any atom is 0.319 e. The van der Waals surface area contributed by atoms with Crippen molar-refractivity contribution >= 4 is 11.7 Å². The van der Waals surface area contributed by atoms with Crippen LogP contribution in [0.4, 0.5) is 10.5 Å². The molecule has 0 saturated carbocycles. The fourth-order valence-electron chi connectivity index (χ4n) is 4.17. The first-order valence-corrected chi connectivity index (χ1v) is 9.42. The maximum atomic E-state index is 12.5. The Kier molecular flexibility index (Phi) is 5.27. The molecular weight excluding hydrogens is 348 g/mol. The van der Waals surface area contributed by atoms with Crippen LogP contribution in [0.2, 0.25) is 0 Å². The number of carbonyl (C=O) groups is 1. The van der Waals surface area contributed by atoms with Crippen LogP contribution >= 0.6 is 0 Å². The average Bonchev–Trinajstić information content (AvgIpc) is 3.11. The monoisotopic (exact) mass is 372 g/mol. The third kappa shape index (κ3) is 3.77. The van der Waals surface area contributed by atoms with Crippen LogP contribution in [0.15, 0.2) is 24.3 Å². The summed E-state index contributed by atoms with van der Waals surface area (Å²) in [6.07, 6.45) is 1.78. The van der Waals surface area contributed by atoms with Gasteiger partial charge in [0.25, 0.3) is 0 Å². The highest BCUT2D eigenvalue weighted by atomic mass is 16.7. The SMILES string of the molecule is N#Cc1cccc(NC(=O)NC2C3COC(O3)C(N3CCCCC3)C2O)c1. The van der Waals surface area contributed by atoms with Crippen molar-refractivity contribution in [1.29, 1.82) is 5.26 Å². The van der Waals surface area contributed by atoms with E-state index in [9.17, 15) is 9.90 Å². The number of nitrogens with one attached hydrogen (secondary N) is 2. The molecule has 0 spiro atoms. The normalized spacial score (nSPS) is 33.3. The second kappa shape index (κ2) is 7.82. The number of likely N-dealkylation sites (tertiary alicyclic amines) is 1. The van der Waals surface area contributed by atoms with Gasteiger partial charge in [-0.2, -0.15) is 5.26 Å². The largest absolute Gasteiger partial charge is 0.389 e. The lowest BCUT2D eigenvalue weighted by molar-refractivity contribution is -0.183. The van der Waals surface area contributed by atoms with Gasteiger partial charge in [-0.25, -0.2) is 4.79 Å². The molecule has 27 heavy (non-hydrogen) atoms. The van der Waals surface area contributed by atoms with E-state index in [4.69, 9.17) is 14.7 Å². The lowest BCUT2D eigenvalue weighted by Gasteiger charge is -2.45. The quantitative estimate of drug-likeness (QED) is 0.731. The first-order chi connectivity index (χ1) is 13.2. The summed E-state index contributed by atoms with van der Waals surface area (Å²) in [6.45, 7) is 2.14. The molecule has 5 unspecified atom stereocenters. The molecular formula is C19H24N4O4. The number of hydrogen-bond donors (Lipinski definition) is 3. The van der Waals surface area contributed by atoms with Crippen molar-refractivity contribution in [2.45, 2.75) is 49.8 Å². The first kappa shape index (κ1) is 18.2. The zero-order valence-corrected chi connectivity index (χ0v) is 15.0. The van der Waals surface area contributed by atoms with Crippen molar-refractivity contribution in [3.63, 3.8) is 0 Å². The zero-order chi connectivity index (χ0) is 18.8. The van der Waals surface area contributed by atoms with Crippen LogP contribution in [0, 0.1) is 11.3 Å². The van der Waals surface area contributed by atoms with Crippen molar-refractivity contribution in [3.8, 4) is 6.07 Å². The van der Waals surface area contributed by atoms with E-state index < -0.39 is 24.5 Å². The third-order valence-electron chi connectivity index (χ3n) is 5.49. The number of ether oxygens (including phenoxy) is 2. The van der Waals surface area contributed by atoms with E-state index in [-0.39, 0.29) is 12.1 Å². The van der Waals surface area contributed by atoms with Crippen molar-refractivity contribution in [1.82, 2.24) is 10.2 Å². The van der Waals surface area contributed by atoms with Gasteiger partial charge < -0.3 is 25.2 Å². The molecule has 144 valence electrons. The highest BCUT2D eigenvalue weighted by Crippen LogP contribution is 2.32. The molecule has 0 aromatic heterocycles. The molecule has 3 heterocycles. The van der Waals surface area contributed by atoms with Crippen LogP contribution in [-0.4, -0.2) is 66.3 Å². The van der Waals surface area contributed by atoms with Gasteiger partial charge in [-0.05, 0) is 44.1 Å². The van der Waals surface area contributed by atoms with Gasteiger partial charge in [-0.1, -0.05) is 12.5 Å². The summed E-state index contributed by atoms with van der Waals surface area (Å²) in [4.78, 5) is 14.7. The number of nitriles is 1. The van der Waals surface area contributed by atoms with Crippen molar-refractivity contribution in [2.24, 2.45) is 0 Å². The number of amides is 2. The molecule has 3 aliphatic rings. The fourth-order valence-corrected chi connectivity index (χ4v) is 4.17. The molecule has 1 aromatic carbocycles. The Bertz CT molecular complexity index is 731. The smallest absolute Gasteiger partial charge is 0.319 e. The number of hydrogen-bond acceptors (Lipinski definition) is 6. The Morgan fingerprint density at radius 3 is 2.89 bits per heavy atom. The van der Waals surface area contributed by atoms with Crippen LogP contribution in [0.3, 0.4) is 0 Å². The molecule has 4 rings (SSSR count). The zero-order valence-electron chi connectivity index (χ0n) is 15.0. The summed E-state index contributed by atoms with van der Waals surface area (Å²) in [5.41, 5.74) is 0.983. The van der Waals surface area contributed by atoms with Gasteiger partial charge in [0.15, 0.2) is 6.29 Å². The lowest BCUT2D eigenvalue weighted by Crippen LogP contribution is -2.66. The Labute approximate surface area is 158 Å². The molecule has 5 atom stereocenters. The Morgan fingerprint density at radius 2 is 2.11 bits per heavy atom. The van der Waals surface area contributed by atoms with Crippen LogP contribution in [-0.2, 0) is 9.47 Å². The van der Waals surface area contributed by atoms with Gasteiger partial charge in [0.05, 0.1) is 36.4 Å². The Morgan fingerprint density at radius 1 is 1.30 bits per heavy atom. The van der Waals surface area contributed by atoms with Crippen molar-refractivity contribution in [2.75, 3.05) is 25.0 Å². The average molecular weight is 372 g/mol. The fraction of sp³-hybridized carbons (Fsp3) is 0.579. The van der Waals surface area contributed by atoms with Crippen molar-refractivity contribution < 1.29 is 19.4 Å². The number of aliphatic hydroxyl groups excluding tert-OH is 1. The number of anilines is 1. The van der Waals surface area contributed by atoms with E-state index >= 15 is 0 Å².